The number of aromatic nitrogens is 2. The number of pyridine rings is 1. The summed E-state index contributed by atoms with van der Waals surface area (Å²) < 4.78 is 1.47. The average Bonchev–Trinajstić information content (AvgIpc) is 3.21. The first-order valence-corrected chi connectivity index (χ1v) is 10.7. The Kier molecular flexibility index (Phi) is 5.99. The van der Waals surface area contributed by atoms with Crippen molar-refractivity contribution in [1.29, 1.82) is 0 Å². The summed E-state index contributed by atoms with van der Waals surface area (Å²) in [6, 6.07) is 10.8. The van der Waals surface area contributed by atoms with E-state index in [4.69, 9.17) is 0 Å². The van der Waals surface area contributed by atoms with E-state index in [2.05, 4.69) is 23.8 Å². The first-order valence-electron chi connectivity index (χ1n) is 10.7. The van der Waals surface area contributed by atoms with Gasteiger partial charge in [-0.05, 0) is 37.0 Å². The number of anilines is 1. The lowest BCUT2D eigenvalue weighted by Crippen LogP contribution is -2.48. The van der Waals surface area contributed by atoms with E-state index in [9.17, 15) is 14.9 Å². The summed E-state index contributed by atoms with van der Waals surface area (Å²) in [5.41, 5.74) is 0.522. The molecule has 8 heteroatoms. The molecule has 0 N–H and O–H groups in total. The number of hydrogen-bond acceptors (Lipinski definition) is 6. The van der Waals surface area contributed by atoms with E-state index in [1.807, 2.05) is 35.3 Å². The lowest BCUT2D eigenvalue weighted by atomic mass is 10.1. The normalized spacial score (nSPS) is 14.8. The Hall–Kier alpha value is -3.26. The van der Waals surface area contributed by atoms with Crippen LogP contribution < -0.4 is 5.01 Å². The van der Waals surface area contributed by atoms with Crippen LogP contribution in [-0.4, -0.2) is 45.0 Å². The molecule has 1 aliphatic rings. The summed E-state index contributed by atoms with van der Waals surface area (Å²) in [5.74, 6) is 0.0821. The Morgan fingerprint density at radius 1 is 1.16 bits per heavy atom. The Labute approximate surface area is 181 Å². The molecule has 8 nitrogen and oxygen atoms in total. The van der Waals surface area contributed by atoms with Gasteiger partial charge in [0.2, 0.25) is 5.82 Å². The highest BCUT2D eigenvalue weighted by molar-refractivity contribution is 6.05. The van der Waals surface area contributed by atoms with Crippen molar-refractivity contribution < 1.29 is 9.72 Å². The Balaban J connectivity index is 1.82. The van der Waals surface area contributed by atoms with Gasteiger partial charge in [0.05, 0.1) is 10.4 Å². The molecule has 0 bridgehead atoms. The third-order valence-corrected chi connectivity index (χ3v) is 5.59. The summed E-state index contributed by atoms with van der Waals surface area (Å²) in [5, 5.41) is 17.2. The molecule has 162 valence electrons. The summed E-state index contributed by atoms with van der Waals surface area (Å²) in [6.07, 6.45) is 6.39. The van der Waals surface area contributed by atoms with E-state index in [1.165, 1.54) is 16.8 Å². The van der Waals surface area contributed by atoms with Gasteiger partial charge in [-0.25, -0.2) is 9.99 Å². The van der Waals surface area contributed by atoms with Crippen molar-refractivity contribution in [1.82, 2.24) is 14.6 Å². The quantitative estimate of drug-likeness (QED) is 0.430. The molecule has 3 heterocycles. The van der Waals surface area contributed by atoms with Crippen molar-refractivity contribution in [2.24, 2.45) is 5.92 Å². The second kappa shape index (κ2) is 8.85. The molecule has 31 heavy (non-hydrogen) atoms. The molecule has 0 amide bonds. The summed E-state index contributed by atoms with van der Waals surface area (Å²) in [7, 11) is 0. The summed E-state index contributed by atoms with van der Waals surface area (Å²) in [6.45, 7) is 6.39. The lowest BCUT2D eigenvalue weighted by molar-refractivity contribution is -0.384. The van der Waals surface area contributed by atoms with Gasteiger partial charge in [-0.2, -0.15) is 0 Å². The zero-order valence-corrected chi connectivity index (χ0v) is 17.9. The number of benzene rings is 1. The highest BCUT2D eigenvalue weighted by Crippen LogP contribution is 2.33. The maximum absolute atomic E-state index is 13.4. The van der Waals surface area contributed by atoms with Gasteiger partial charge in [-0.15, -0.1) is 0 Å². The second-order valence-electron chi connectivity index (χ2n) is 8.33. The number of para-hydroxylation sites is 1. The minimum absolute atomic E-state index is 0.0436. The van der Waals surface area contributed by atoms with E-state index >= 15 is 0 Å². The molecule has 3 aromatic rings. The van der Waals surface area contributed by atoms with Crippen molar-refractivity contribution in [2.75, 3.05) is 24.6 Å². The second-order valence-corrected chi connectivity index (χ2v) is 8.33. The largest absolute Gasteiger partial charge is 0.325 e. The molecule has 1 fully saturated rings. The topological polar surface area (TPSA) is 84.5 Å². The van der Waals surface area contributed by atoms with E-state index in [0.29, 0.717) is 6.54 Å². The summed E-state index contributed by atoms with van der Waals surface area (Å²) >= 11 is 0. The number of rotatable bonds is 6. The fourth-order valence-electron chi connectivity index (χ4n) is 4.17. The molecule has 0 spiro atoms. The van der Waals surface area contributed by atoms with Crippen molar-refractivity contribution in [3.05, 3.63) is 64.5 Å². The zero-order valence-electron chi connectivity index (χ0n) is 17.9. The van der Waals surface area contributed by atoms with Crippen LogP contribution >= 0.6 is 0 Å². The monoisotopic (exact) mass is 421 g/mol. The molecule has 1 saturated heterocycles. The number of piperidine rings is 1. The summed E-state index contributed by atoms with van der Waals surface area (Å²) in [4.78, 5) is 29.6. The van der Waals surface area contributed by atoms with Crippen molar-refractivity contribution >= 4 is 28.3 Å². The highest BCUT2D eigenvalue weighted by atomic mass is 16.6. The maximum Gasteiger partial charge on any atom is 0.325 e. The standard InChI is InChI=1S/C23H27N5O3/c1-17(2)16-27(25-13-6-3-7-14-25)22-21(28(30)31)19(10-12-24-22)23(29)26-15-11-18-8-4-5-9-20(18)26/h4-5,8-12,15,17H,3,6-7,13-14,16H2,1-2H3. The van der Waals surface area contributed by atoms with Crippen LogP contribution in [0.15, 0.2) is 48.8 Å². The molecule has 0 saturated carbocycles. The van der Waals surface area contributed by atoms with E-state index < -0.39 is 10.8 Å². The highest BCUT2D eigenvalue weighted by Gasteiger charge is 2.33. The smallest absolute Gasteiger partial charge is 0.283 e. The molecule has 1 aliphatic heterocycles. The number of hydrazine groups is 1. The average molecular weight is 422 g/mol. The first-order chi connectivity index (χ1) is 15.0. The number of nitrogens with zero attached hydrogens (tertiary/aromatic N) is 5. The molecule has 0 aliphatic carbocycles. The number of carbonyl (C=O) groups excluding carboxylic acids is 1. The lowest BCUT2D eigenvalue weighted by Gasteiger charge is -2.38. The van der Waals surface area contributed by atoms with Crippen LogP contribution in [0.1, 0.15) is 43.5 Å². The third kappa shape index (κ3) is 4.16. The minimum atomic E-state index is -0.474. The first kappa shape index (κ1) is 21.0. The molecular weight excluding hydrogens is 394 g/mol. The van der Waals surface area contributed by atoms with Crippen LogP contribution in [0.5, 0.6) is 0 Å². The zero-order chi connectivity index (χ0) is 22.0. The van der Waals surface area contributed by atoms with Crippen LogP contribution in [0, 0.1) is 16.0 Å². The fraction of sp³-hybridized carbons (Fsp3) is 0.391. The third-order valence-electron chi connectivity index (χ3n) is 5.59. The van der Waals surface area contributed by atoms with Gasteiger partial charge in [-0.1, -0.05) is 38.5 Å². The van der Waals surface area contributed by atoms with Crippen LogP contribution in [0.2, 0.25) is 0 Å². The molecule has 0 radical (unpaired) electrons. The van der Waals surface area contributed by atoms with Crippen LogP contribution in [0.3, 0.4) is 0 Å². The van der Waals surface area contributed by atoms with Gasteiger partial charge in [0, 0.05) is 37.4 Å². The van der Waals surface area contributed by atoms with Crippen molar-refractivity contribution in [3.8, 4) is 0 Å². The van der Waals surface area contributed by atoms with Gasteiger partial charge in [0.25, 0.3) is 5.91 Å². The van der Waals surface area contributed by atoms with Crippen molar-refractivity contribution in [3.63, 3.8) is 0 Å². The molecule has 2 aromatic heterocycles. The van der Waals surface area contributed by atoms with E-state index in [-0.39, 0.29) is 23.0 Å². The van der Waals surface area contributed by atoms with Gasteiger partial charge in [0.15, 0.2) is 0 Å². The molecule has 1 aromatic carbocycles. The number of hydrogen-bond donors (Lipinski definition) is 0. The Bertz CT molecular complexity index is 1100. The van der Waals surface area contributed by atoms with Gasteiger partial charge in [-0.3, -0.25) is 24.5 Å². The fourth-order valence-corrected chi connectivity index (χ4v) is 4.17. The predicted molar refractivity (Wildman–Crippen MR) is 120 cm³/mol. The predicted octanol–water partition coefficient (Wildman–Crippen LogP) is 4.50. The van der Waals surface area contributed by atoms with Gasteiger partial charge < -0.3 is 0 Å². The van der Waals surface area contributed by atoms with Gasteiger partial charge >= 0.3 is 5.69 Å². The molecule has 4 rings (SSSR count). The number of nitro groups is 1. The van der Waals surface area contributed by atoms with Crippen molar-refractivity contribution in [2.45, 2.75) is 33.1 Å². The number of carbonyl (C=O) groups is 1. The van der Waals surface area contributed by atoms with Crippen LogP contribution in [-0.2, 0) is 0 Å². The van der Waals surface area contributed by atoms with E-state index in [1.54, 1.807) is 6.20 Å². The molecule has 0 unspecified atom stereocenters. The Morgan fingerprint density at radius 2 is 1.90 bits per heavy atom. The maximum atomic E-state index is 13.4. The molecule has 0 atom stereocenters. The molecular formula is C23H27N5O3. The SMILES string of the molecule is CC(C)CN(c1nccc(C(=O)n2ccc3ccccc32)c1[N+](=O)[O-])N1CCCCC1. The number of fused-ring (bicyclic) bond motifs is 1. The van der Waals surface area contributed by atoms with E-state index in [0.717, 1.165) is 43.3 Å². The minimum Gasteiger partial charge on any atom is -0.283 e. The van der Waals surface area contributed by atoms with Crippen LogP contribution in [0.25, 0.3) is 10.9 Å². The van der Waals surface area contributed by atoms with Gasteiger partial charge in [0.1, 0.15) is 5.56 Å². The Morgan fingerprint density at radius 3 is 2.61 bits per heavy atom. The van der Waals surface area contributed by atoms with Crippen LogP contribution in [0.4, 0.5) is 11.5 Å².